The maximum atomic E-state index is 8.18. The Bertz CT molecular complexity index is 10700. The fourth-order valence-electron chi connectivity index (χ4n) is 34.1. The van der Waals surface area contributed by atoms with Crippen molar-refractivity contribution in [2.75, 3.05) is 0 Å². The van der Waals surface area contributed by atoms with Gasteiger partial charge in [-0.05, 0) is 411 Å². The molecule has 5 aliphatic carbocycles. The fourth-order valence-corrected chi connectivity index (χ4v) is 34.1. The zero-order chi connectivity index (χ0) is 75.0. The predicted octanol–water partition coefficient (Wildman–Crippen LogP) is 28.3. The Morgan fingerprint density at radius 3 is 0.723 bits per heavy atom. The molecule has 44 rings (SSSR count). The Hall–Kier alpha value is -13.6. The number of hydrogen-bond donors (Lipinski definition) is 2. The normalized spacial score (nSPS) is 20.9. The molecule has 2 unspecified atom stereocenters. The highest BCUT2D eigenvalue weighted by atomic mass is 16.5. The van der Waals surface area contributed by atoms with Crippen molar-refractivity contribution in [3.63, 3.8) is 0 Å². The van der Waals surface area contributed by atoms with Gasteiger partial charge in [0.05, 0.1) is 0 Å². The van der Waals surface area contributed by atoms with E-state index in [0.717, 1.165) is 56.6 Å². The van der Waals surface area contributed by atoms with Crippen LogP contribution in [-0.4, -0.2) is 39.9 Å². The van der Waals surface area contributed by atoms with Crippen molar-refractivity contribution in [1.29, 1.82) is 0 Å². The first-order valence-corrected chi connectivity index (χ1v) is 43.6. The average molecular weight is 1500 g/mol. The zero-order valence-electron chi connectivity index (χ0n) is 65.0. The number of hydrogen-bond acceptors (Lipinski definition) is 7. The maximum absolute atomic E-state index is 8.18. The molecule has 7 heterocycles. The van der Waals surface area contributed by atoms with Crippen LogP contribution in [0.4, 0.5) is 0 Å². The van der Waals surface area contributed by atoms with E-state index in [1.54, 1.807) is 313 Å². The lowest BCUT2D eigenvalue weighted by Crippen LogP contribution is -2.54. The minimum Gasteiger partial charge on any atom is -0.357 e. The standard InChI is InChI=1S/C110H46N8O/c1-106(2,3)23-10-13-26-31(16-23)101-111-98(26)112-102-32-17-24(107(4,5)6)11-14-27(32)100(114-102)116-104-34-19-29-30(20-35(34)105(118-104)117-103-33-18-25(108(7,8)9)12-15-28(33)99(113-101)115-103)97-37-22-110-94-86-78-68-58-50-42-39-38-40-44-46(42)54-60-52(44)62-56-48(40)49-41(38)45-47-43(39)51(50)59-65-55(47)61-53(45)63-57(49)67-66(56)76-70(62)80-74(60)82(72(78)64(54)58)90(94)88(80)92-84(76)85-77(67)71(63)81-75(61)83-73(65)79(69(59)68)87(86)95(110)91(83)89(81)93(85)109(92,110)21-36(37)96(29)119-97/h10-20,96-97H,21-22H2,1-9H3,(H2,111,112,113,114,115,116,117,118). The molecule has 532 valence electrons. The Morgan fingerprint density at radius 1 is 0.244 bits per heavy atom. The van der Waals surface area contributed by atoms with E-state index in [2.05, 4.69) is 139 Å². The summed E-state index contributed by atoms with van der Waals surface area (Å²) in [6, 6.07) is 25.3. The second kappa shape index (κ2) is 13.5. The number of H-pyrrole nitrogens is 2. The summed E-state index contributed by atoms with van der Waals surface area (Å²) >= 11 is 0. The van der Waals surface area contributed by atoms with E-state index < -0.39 is 10.8 Å². The van der Waals surface area contributed by atoms with Crippen molar-refractivity contribution >= 4 is 335 Å². The summed E-state index contributed by atoms with van der Waals surface area (Å²) in [6.45, 7) is 20.6. The molecule has 9 aliphatic rings. The molecule has 32 aromatic carbocycles. The van der Waals surface area contributed by atoms with Gasteiger partial charge in [0, 0.05) is 54.6 Å². The van der Waals surface area contributed by atoms with Gasteiger partial charge in [-0.3, -0.25) is 0 Å². The topological polar surface area (TPSA) is 118 Å². The first kappa shape index (κ1) is 52.9. The van der Waals surface area contributed by atoms with Gasteiger partial charge >= 0.3 is 0 Å². The summed E-state index contributed by atoms with van der Waals surface area (Å²) in [6.07, 6.45) is 1.31. The van der Waals surface area contributed by atoms with Crippen LogP contribution in [0, 0.1) is 0 Å². The van der Waals surface area contributed by atoms with E-state index in [4.69, 9.17) is 34.6 Å². The Kier molecular flexibility index (Phi) is 6.00. The fraction of sp³-hybridized carbons (Fsp3) is 0.164. The largest absolute Gasteiger partial charge is 0.357 e. The smallest absolute Gasteiger partial charge is 0.164 e. The minimum atomic E-state index is -0.437. The van der Waals surface area contributed by atoms with Gasteiger partial charge in [0.1, 0.15) is 34.8 Å². The molecule has 0 saturated carbocycles. The molecule has 2 N–H and O–H groups in total. The van der Waals surface area contributed by atoms with Crippen LogP contribution in [0.1, 0.15) is 137 Å². The number of nitrogens with zero attached hydrogens (tertiary/aromatic N) is 6. The lowest BCUT2D eigenvalue weighted by atomic mass is 9.42. The summed E-state index contributed by atoms with van der Waals surface area (Å²) in [5.41, 5.74) is 21.4. The lowest BCUT2D eigenvalue weighted by molar-refractivity contribution is 0.0777. The number of nitrogens with one attached hydrogen (secondary N) is 2. The SMILES string of the molecule is CC(C)(C)c1ccc2c(c1)-c1nc-2nc2[nH]c(nc3nc(nc4[nH]c(n1)c1ccc(C(C)(C)C)cc41)-c1ccc(C(C)(C)C)cc1-3)c1cc3c(cc21)C1OC3C2=C1CC13c4c5c6c7c8c9c(c%10c%11c1c1c4c4c%12c5c5c6c6c8c8c%13c9c9c%10c%10c%11c%11c1c1c4c4c%12c%12c5c5c6c8c6c8c%13c9c9c%10c%10c%11c1c1c4c4c%12c5c6c5c8c9c%10c1c45)C73C2. The molecule has 9 nitrogen and oxygen atoms in total. The van der Waals surface area contributed by atoms with Crippen molar-refractivity contribution in [3.8, 4) is 45.6 Å². The maximum Gasteiger partial charge on any atom is 0.164 e. The number of benzene rings is 22. The average Bonchev–Trinajstić information content (AvgIpc) is 1.38. The number of aromatic nitrogens is 8. The van der Waals surface area contributed by atoms with Crippen LogP contribution in [0.15, 0.2) is 77.9 Å². The molecule has 9 heteroatoms. The Balaban J connectivity index is 0.644. The highest BCUT2D eigenvalue weighted by Gasteiger charge is 2.73. The van der Waals surface area contributed by atoms with E-state index in [-0.39, 0.29) is 28.5 Å². The molecule has 4 aliphatic heterocycles. The molecular weight excluding hydrogens is 1450 g/mol. The predicted molar refractivity (Wildman–Crippen MR) is 489 cm³/mol. The highest BCUT2D eigenvalue weighted by Crippen LogP contribution is 2.88. The van der Waals surface area contributed by atoms with Crippen molar-refractivity contribution in [2.45, 2.75) is 114 Å². The van der Waals surface area contributed by atoms with Crippen molar-refractivity contribution in [1.82, 2.24) is 39.9 Å². The van der Waals surface area contributed by atoms with Gasteiger partial charge in [0.25, 0.3) is 0 Å². The van der Waals surface area contributed by atoms with Gasteiger partial charge in [-0.2, -0.15) is 0 Å². The molecule has 0 amide bonds. The first-order chi connectivity index (χ1) is 58.0. The van der Waals surface area contributed by atoms with Gasteiger partial charge in [-0.25, -0.2) is 29.9 Å². The van der Waals surface area contributed by atoms with E-state index >= 15 is 0 Å². The van der Waals surface area contributed by atoms with Crippen LogP contribution in [-0.2, 0) is 31.8 Å². The molecule has 2 spiro atoms. The van der Waals surface area contributed by atoms with Crippen molar-refractivity contribution in [2.24, 2.45) is 0 Å². The molecule has 0 saturated heterocycles. The minimum absolute atomic E-state index is 0.117. The summed E-state index contributed by atoms with van der Waals surface area (Å²) < 4.78 is 8.18. The Morgan fingerprint density at radius 2 is 0.462 bits per heavy atom. The van der Waals surface area contributed by atoms with Crippen LogP contribution in [0.2, 0.25) is 0 Å². The summed E-state index contributed by atoms with van der Waals surface area (Å²) in [5, 5.41) is 92.2. The third kappa shape index (κ3) is 3.89. The zero-order valence-corrected chi connectivity index (χ0v) is 65.0. The molecule has 3 aromatic heterocycles. The van der Waals surface area contributed by atoms with Gasteiger partial charge in [0.2, 0.25) is 0 Å². The Labute approximate surface area is 663 Å². The second-order valence-electron chi connectivity index (χ2n) is 43.5. The monoisotopic (exact) mass is 1490 g/mol. The number of ether oxygens (including phenoxy) is 1. The molecule has 2 atom stereocenters. The highest BCUT2D eigenvalue weighted by molar-refractivity contribution is 6.82. The summed E-state index contributed by atoms with van der Waals surface area (Å²) in [4.78, 5) is 41.9. The summed E-state index contributed by atoms with van der Waals surface area (Å²) in [7, 11) is 0. The third-order valence-corrected chi connectivity index (χ3v) is 37.1. The molecule has 0 radical (unpaired) electrons. The van der Waals surface area contributed by atoms with E-state index in [1.807, 2.05) is 0 Å². The number of fused-ring (bicyclic) bond motifs is 27. The van der Waals surface area contributed by atoms with Gasteiger partial charge in [-0.15, -0.1) is 0 Å². The van der Waals surface area contributed by atoms with E-state index in [1.165, 1.54) is 39.0 Å². The molecule has 35 aromatic rings. The third-order valence-electron chi connectivity index (χ3n) is 37.1. The quantitative estimate of drug-likeness (QED) is 0.115. The van der Waals surface area contributed by atoms with Crippen LogP contribution >= 0.6 is 0 Å². The first-order valence-electron chi connectivity index (χ1n) is 43.6. The number of rotatable bonds is 0. The van der Waals surface area contributed by atoms with Gasteiger partial charge in [0.15, 0.2) is 23.3 Å². The van der Waals surface area contributed by atoms with Gasteiger partial charge < -0.3 is 14.7 Å². The molecule has 119 heavy (non-hydrogen) atoms. The molecular formula is C110H46N8O. The summed E-state index contributed by atoms with van der Waals surface area (Å²) in [5.74, 6) is 2.45. The van der Waals surface area contributed by atoms with E-state index in [9.17, 15) is 0 Å². The van der Waals surface area contributed by atoms with Crippen molar-refractivity contribution < 1.29 is 4.74 Å². The second-order valence-corrected chi connectivity index (χ2v) is 43.5. The van der Waals surface area contributed by atoms with Crippen LogP contribution in [0.5, 0.6) is 0 Å². The number of aromatic amines is 2. The van der Waals surface area contributed by atoms with Crippen LogP contribution in [0.3, 0.4) is 0 Å². The molecule has 0 fully saturated rings. The lowest BCUT2D eigenvalue weighted by Gasteiger charge is -2.58. The van der Waals surface area contributed by atoms with Gasteiger partial charge in [-0.1, -0.05) is 98.7 Å². The molecule has 10 bridgehead atoms. The van der Waals surface area contributed by atoms with Crippen LogP contribution in [0.25, 0.3) is 381 Å². The van der Waals surface area contributed by atoms with Crippen molar-refractivity contribution in [3.05, 3.63) is 128 Å². The van der Waals surface area contributed by atoms with Crippen LogP contribution < -0.4 is 0 Å². The van der Waals surface area contributed by atoms with E-state index in [0.29, 0.717) is 45.9 Å².